The van der Waals surface area contributed by atoms with Crippen LogP contribution in [0.3, 0.4) is 0 Å². The smallest absolute Gasteiger partial charge is 0.339 e. The number of aromatic nitrogens is 3. The van der Waals surface area contributed by atoms with Crippen LogP contribution >= 0.6 is 0 Å². The van der Waals surface area contributed by atoms with Crippen LogP contribution in [-0.2, 0) is 20.1 Å². The predicted molar refractivity (Wildman–Crippen MR) is 66.7 cm³/mol. The van der Waals surface area contributed by atoms with E-state index < -0.39 is 5.97 Å². The van der Waals surface area contributed by atoms with Crippen molar-refractivity contribution >= 4 is 5.97 Å². The van der Waals surface area contributed by atoms with Gasteiger partial charge >= 0.3 is 5.97 Å². The standard InChI is InChI=1S/C12H16N4O3/c1-7-9(8(2)19-15-7)4-13-6-11-10(12(17)18)5-14-16(11)3/h5,13H,4,6H2,1-3H3,(H,17,18). The van der Waals surface area contributed by atoms with Crippen LogP contribution in [0, 0.1) is 13.8 Å². The molecule has 0 spiro atoms. The maximum Gasteiger partial charge on any atom is 0.339 e. The molecule has 0 amide bonds. The topological polar surface area (TPSA) is 93.2 Å². The van der Waals surface area contributed by atoms with Crippen molar-refractivity contribution < 1.29 is 14.4 Å². The number of rotatable bonds is 5. The first-order valence-corrected chi connectivity index (χ1v) is 5.87. The fraction of sp³-hybridized carbons (Fsp3) is 0.417. The summed E-state index contributed by atoms with van der Waals surface area (Å²) in [5.74, 6) is -0.198. The van der Waals surface area contributed by atoms with Gasteiger partial charge in [0.2, 0.25) is 0 Å². The summed E-state index contributed by atoms with van der Waals surface area (Å²) in [6.07, 6.45) is 1.36. The molecule has 2 aromatic heterocycles. The van der Waals surface area contributed by atoms with Gasteiger partial charge in [0.15, 0.2) is 0 Å². The highest BCUT2D eigenvalue weighted by molar-refractivity contribution is 5.88. The van der Waals surface area contributed by atoms with E-state index >= 15 is 0 Å². The molecule has 2 rings (SSSR count). The Kier molecular flexibility index (Phi) is 3.66. The molecule has 102 valence electrons. The van der Waals surface area contributed by atoms with E-state index in [1.54, 1.807) is 11.7 Å². The second-order valence-electron chi connectivity index (χ2n) is 4.34. The van der Waals surface area contributed by atoms with Crippen LogP contribution in [0.1, 0.15) is 33.1 Å². The van der Waals surface area contributed by atoms with E-state index in [1.165, 1.54) is 6.20 Å². The Hall–Kier alpha value is -2.15. The summed E-state index contributed by atoms with van der Waals surface area (Å²) in [6.45, 7) is 4.72. The van der Waals surface area contributed by atoms with Gasteiger partial charge in [-0.2, -0.15) is 5.10 Å². The lowest BCUT2D eigenvalue weighted by molar-refractivity contribution is 0.0695. The lowest BCUT2D eigenvalue weighted by Crippen LogP contribution is -2.18. The Bertz CT molecular complexity index is 581. The first kappa shape index (κ1) is 13.3. The molecular weight excluding hydrogens is 248 g/mol. The van der Waals surface area contributed by atoms with Crippen LogP contribution in [0.4, 0.5) is 0 Å². The molecule has 0 radical (unpaired) electrons. The summed E-state index contributed by atoms with van der Waals surface area (Å²) >= 11 is 0. The molecule has 0 unspecified atom stereocenters. The van der Waals surface area contributed by atoms with Gasteiger partial charge in [0.25, 0.3) is 0 Å². The Morgan fingerprint density at radius 1 is 1.47 bits per heavy atom. The molecule has 0 aliphatic carbocycles. The number of hydrogen-bond acceptors (Lipinski definition) is 5. The lowest BCUT2D eigenvalue weighted by atomic mass is 10.2. The quantitative estimate of drug-likeness (QED) is 0.837. The number of aromatic carboxylic acids is 1. The largest absolute Gasteiger partial charge is 0.478 e. The zero-order valence-electron chi connectivity index (χ0n) is 11.1. The van der Waals surface area contributed by atoms with Crippen molar-refractivity contribution in [2.75, 3.05) is 0 Å². The van der Waals surface area contributed by atoms with E-state index in [4.69, 9.17) is 9.63 Å². The van der Waals surface area contributed by atoms with Gasteiger partial charge in [-0.15, -0.1) is 0 Å². The highest BCUT2D eigenvalue weighted by atomic mass is 16.5. The molecule has 0 atom stereocenters. The monoisotopic (exact) mass is 264 g/mol. The molecule has 0 bridgehead atoms. The molecule has 7 nitrogen and oxygen atoms in total. The third-order valence-electron chi connectivity index (χ3n) is 3.07. The summed E-state index contributed by atoms with van der Waals surface area (Å²) in [5.41, 5.74) is 2.69. The maximum atomic E-state index is 11.0. The van der Waals surface area contributed by atoms with Crippen LogP contribution in [0.2, 0.25) is 0 Å². The second-order valence-corrected chi connectivity index (χ2v) is 4.34. The molecule has 0 saturated carbocycles. The van der Waals surface area contributed by atoms with Crippen molar-refractivity contribution in [3.63, 3.8) is 0 Å². The van der Waals surface area contributed by atoms with Gasteiger partial charge in [0.1, 0.15) is 11.3 Å². The van der Waals surface area contributed by atoms with Crippen LogP contribution < -0.4 is 5.32 Å². The molecule has 2 N–H and O–H groups in total. The average molecular weight is 264 g/mol. The van der Waals surface area contributed by atoms with Gasteiger partial charge in [-0.05, 0) is 13.8 Å². The maximum absolute atomic E-state index is 11.0. The van der Waals surface area contributed by atoms with Crippen molar-refractivity contribution in [2.45, 2.75) is 26.9 Å². The SMILES string of the molecule is Cc1noc(C)c1CNCc1c(C(=O)O)cnn1C. The number of aryl methyl sites for hydroxylation is 3. The zero-order chi connectivity index (χ0) is 14.0. The minimum Gasteiger partial charge on any atom is -0.478 e. The Labute approximate surface area is 110 Å². The number of carboxylic acid groups (broad SMARTS) is 1. The van der Waals surface area contributed by atoms with Crippen molar-refractivity contribution in [2.24, 2.45) is 7.05 Å². The number of nitrogens with one attached hydrogen (secondary N) is 1. The first-order chi connectivity index (χ1) is 9.00. The lowest BCUT2D eigenvalue weighted by Gasteiger charge is -2.06. The first-order valence-electron chi connectivity index (χ1n) is 5.87. The number of carbonyl (C=O) groups is 1. The number of nitrogens with zero attached hydrogens (tertiary/aromatic N) is 3. The van der Waals surface area contributed by atoms with Crippen molar-refractivity contribution in [3.8, 4) is 0 Å². The van der Waals surface area contributed by atoms with Crippen LogP contribution in [0.25, 0.3) is 0 Å². The molecule has 2 aromatic rings. The molecule has 0 aromatic carbocycles. The molecular formula is C12H16N4O3. The van der Waals surface area contributed by atoms with E-state index in [0.29, 0.717) is 18.8 Å². The molecule has 0 saturated heterocycles. The average Bonchev–Trinajstić information content (AvgIpc) is 2.87. The minimum atomic E-state index is -0.970. The van der Waals surface area contributed by atoms with Gasteiger partial charge in [0, 0.05) is 25.7 Å². The van der Waals surface area contributed by atoms with E-state index in [0.717, 1.165) is 17.0 Å². The summed E-state index contributed by atoms with van der Waals surface area (Å²) in [5, 5.41) is 20.1. The Morgan fingerprint density at radius 3 is 2.79 bits per heavy atom. The van der Waals surface area contributed by atoms with Crippen molar-refractivity contribution in [1.82, 2.24) is 20.3 Å². The fourth-order valence-electron chi connectivity index (χ4n) is 1.91. The van der Waals surface area contributed by atoms with Gasteiger partial charge in [0.05, 0.1) is 17.6 Å². The third kappa shape index (κ3) is 2.65. The van der Waals surface area contributed by atoms with Gasteiger partial charge in [-0.25, -0.2) is 4.79 Å². The van der Waals surface area contributed by atoms with E-state index in [2.05, 4.69) is 15.6 Å². The number of carboxylic acids is 1. The van der Waals surface area contributed by atoms with Crippen LogP contribution in [0.15, 0.2) is 10.7 Å². The van der Waals surface area contributed by atoms with Crippen molar-refractivity contribution in [3.05, 3.63) is 34.5 Å². The second kappa shape index (κ2) is 5.23. The predicted octanol–water partition coefficient (Wildman–Crippen LogP) is 1.01. The highest BCUT2D eigenvalue weighted by Gasteiger charge is 2.15. The summed E-state index contributed by atoms with van der Waals surface area (Å²) in [6, 6.07) is 0. The van der Waals surface area contributed by atoms with E-state index in [9.17, 15) is 4.79 Å². The molecule has 0 aliphatic heterocycles. The van der Waals surface area contributed by atoms with Gasteiger partial charge in [-0.1, -0.05) is 5.16 Å². The molecule has 19 heavy (non-hydrogen) atoms. The molecule has 0 aliphatic rings. The van der Waals surface area contributed by atoms with Crippen molar-refractivity contribution in [1.29, 1.82) is 0 Å². The number of hydrogen-bond donors (Lipinski definition) is 2. The van der Waals surface area contributed by atoms with Crippen LogP contribution in [0.5, 0.6) is 0 Å². The third-order valence-corrected chi connectivity index (χ3v) is 3.07. The molecule has 7 heteroatoms. The fourth-order valence-corrected chi connectivity index (χ4v) is 1.91. The summed E-state index contributed by atoms with van der Waals surface area (Å²) in [7, 11) is 1.72. The van der Waals surface area contributed by atoms with E-state index in [1.807, 2.05) is 13.8 Å². The highest BCUT2D eigenvalue weighted by Crippen LogP contribution is 2.12. The summed E-state index contributed by atoms with van der Waals surface area (Å²) in [4.78, 5) is 11.0. The zero-order valence-corrected chi connectivity index (χ0v) is 11.1. The molecule has 2 heterocycles. The van der Waals surface area contributed by atoms with E-state index in [-0.39, 0.29) is 5.56 Å². The van der Waals surface area contributed by atoms with Gasteiger partial charge < -0.3 is 14.9 Å². The van der Waals surface area contributed by atoms with Gasteiger partial charge in [-0.3, -0.25) is 4.68 Å². The minimum absolute atomic E-state index is 0.216. The normalized spacial score (nSPS) is 10.9. The summed E-state index contributed by atoms with van der Waals surface area (Å²) < 4.78 is 6.63. The molecule has 0 fully saturated rings. The Balaban J connectivity index is 2.04. The Morgan fingerprint density at radius 2 is 2.21 bits per heavy atom. The van der Waals surface area contributed by atoms with Crippen LogP contribution in [-0.4, -0.2) is 26.0 Å².